The first-order valence-electron chi connectivity index (χ1n) is 11.9. The molecule has 0 aliphatic heterocycles. The largest absolute Gasteiger partial charge is 0.452 e. The summed E-state index contributed by atoms with van der Waals surface area (Å²) in [6.45, 7) is 7.60. The van der Waals surface area contributed by atoms with Gasteiger partial charge in [-0.15, -0.1) is 5.06 Å². The van der Waals surface area contributed by atoms with E-state index >= 15 is 0 Å². The maximum atomic E-state index is 13.1. The SMILES string of the molecule is CC(C)Cc1ccc(C(C)C(=O)ON(C(N)=O)C(C)C#Cc2ccc(Cc3ccc(F)cc3)o2)cc1. The predicted molar refractivity (Wildman–Crippen MR) is 135 cm³/mol. The summed E-state index contributed by atoms with van der Waals surface area (Å²) in [7, 11) is 0. The smallest absolute Gasteiger partial charge is 0.349 e. The number of benzene rings is 2. The number of nitrogens with two attached hydrogens (primary N) is 1. The van der Waals surface area contributed by atoms with Gasteiger partial charge in [-0.2, -0.15) is 0 Å². The van der Waals surface area contributed by atoms with E-state index in [1.807, 2.05) is 24.3 Å². The number of hydrogen-bond acceptors (Lipinski definition) is 4. The zero-order valence-electron chi connectivity index (χ0n) is 21.0. The van der Waals surface area contributed by atoms with Crippen molar-refractivity contribution in [1.29, 1.82) is 0 Å². The van der Waals surface area contributed by atoms with Gasteiger partial charge in [0.25, 0.3) is 0 Å². The third kappa shape index (κ3) is 7.47. The van der Waals surface area contributed by atoms with Crippen LogP contribution in [0.2, 0.25) is 0 Å². The van der Waals surface area contributed by atoms with Crippen LogP contribution in [0, 0.1) is 23.6 Å². The van der Waals surface area contributed by atoms with Gasteiger partial charge in [0, 0.05) is 6.42 Å². The Morgan fingerprint density at radius 1 is 0.972 bits per heavy atom. The van der Waals surface area contributed by atoms with E-state index < -0.39 is 24.0 Å². The fourth-order valence-corrected chi connectivity index (χ4v) is 3.62. The molecule has 3 aromatic rings. The second kappa shape index (κ2) is 12.1. The van der Waals surface area contributed by atoms with Crippen LogP contribution < -0.4 is 5.73 Å². The molecule has 0 aliphatic carbocycles. The molecule has 1 heterocycles. The molecule has 2 aromatic carbocycles. The van der Waals surface area contributed by atoms with Crippen molar-refractivity contribution in [2.75, 3.05) is 0 Å². The van der Waals surface area contributed by atoms with Crippen molar-refractivity contribution in [3.05, 3.63) is 94.7 Å². The molecule has 2 unspecified atom stereocenters. The number of hydrogen-bond donors (Lipinski definition) is 1. The molecule has 3 rings (SSSR count). The van der Waals surface area contributed by atoms with Gasteiger partial charge in [0.2, 0.25) is 0 Å². The summed E-state index contributed by atoms with van der Waals surface area (Å²) in [5.41, 5.74) is 8.32. The minimum absolute atomic E-state index is 0.299. The number of nitrogens with zero attached hydrogens (tertiary/aromatic N) is 1. The zero-order chi connectivity index (χ0) is 26.2. The van der Waals surface area contributed by atoms with Crippen LogP contribution in [0.3, 0.4) is 0 Å². The maximum Gasteiger partial charge on any atom is 0.349 e. The molecule has 0 spiro atoms. The number of furan rings is 1. The number of halogens is 1. The number of primary amides is 1. The van der Waals surface area contributed by atoms with E-state index in [9.17, 15) is 14.0 Å². The molecular formula is C29H31FN2O4. The van der Waals surface area contributed by atoms with E-state index in [1.165, 1.54) is 17.7 Å². The molecule has 0 saturated heterocycles. The summed E-state index contributed by atoms with van der Waals surface area (Å²) in [6, 6.07) is 15.7. The van der Waals surface area contributed by atoms with Gasteiger partial charge in [-0.25, -0.2) is 14.0 Å². The Balaban J connectivity index is 1.63. The highest BCUT2D eigenvalue weighted by molar-refractivity contribution is 5.80. The van der Waals surface area contributed by atoms with E-state index in [4.69, 9.17) is 15.0 Å². The first-order chi connectivity index (χ1) is 17.1. The van der Waals surface area contributed by atoms with Crippen molar-refractivity contribution >= 4 is 12.0 Å². The van der Waals surface area contributed by atoms with Crippen LogP contribution in [0.1, 0.15) is 61.8 Å². The number of hydroxylamine groups is 2. The molecule has 188 valence electrons. The van der Waals surface area contributed by atoms with Crippen molar-refractivity contribution in [1.82, 2.24) is 5.06 Å². The van der Waals surface area contributed by atoms with Crippen LogP contribution in [-0.4, -0.2) is 23.1 Å². The van der Waals surface area contributed by atoms with Crippen molar-refractivity contribution in [2.24, 2.45) is 11.7 Å². The summed E-state index contributed by atoms with van der Waals surface area (Å²) in [4.78, 5) is 30.0. The molecule has 0 bridgehead atoms. The van der Waals surface area contributed by atoms with Crippen LogP contribution in [0.15, 0.2) is 65.1 Å². The van der Waals surface area contributed by atoms with Gasteiger partial charge < -0.3 is 15.0 Å². The van der Waals surface area contributed by atoms with Crippen LogP contribution in [0.25, 0.3) is 0 Å². The fourth-order valence-electron chi connectivity index (χ4n) is 3.62. The van der Waals surface area contributed by atoms with Gasteiger partial charge in [-0.3, -0.25) is 0 Å². The Labute approximate surface area is 211 Å². The standard InChI is InChI=1S/C29H31FN2O4/c1-19(2)17-22-6-10-24(11-7-22)21(4)28(33)36-32(29(31)34)20(3)5-14-26-15-16-27(35-26)18-23-8-12-25(30)13-9-23/h6-13,15-16,19-21H,17-18H2,1-4H3,(H2,31,34). The molecule has 2 atom stereocenters. The van der Waals surface area contributed by atoms with Crippen molar-refractivity contribution < 1.29 is 23.2 Å². The van der Waals surface area contributed by atoms with Gasteiger partial charge in [0.15, 0.2) is 5.76 Å². The van der Waals surface area contributed by atoms with Gasteiger partial charge in [-0.1, -0.05) is 56.2 Å². The number of carbonyl (C=O) groups is 2. The summed E-state index contributed by atoms with van der Waals surface area (Å²) in [5, 5.41) is 0.765. The lowest BCUT2D eigenvalue weighted by Gasteiger charge is -2.23. The summed E-state index contributed by atoms with van der Waals surface area (Å²) in [5.74, 6) is 5.73. The Morgan fingerprint density at radius 2 is 1.61 bits per heavy atom. The number of carbonyl (C=O) groups excluding carboxylic acids is 2. The predicted octanol–water partition coefficient (Wildman–Crippen LogP) is 5.59. The molecule has 0 saturated carbocycles. The van der Waals surface area contributed by atoms with E-state index in [0.29, 0.717) is 23.9 Å². The Bertz CT molecular complexity index is 1240. The minimum Gasteiger partial charge on any atom is -0.452 e. The van der Waals surface area contributed by atoms with Gasteiger partial charge in [0.05, 0.1) is 5.92 Å². The number of urea groups is 1. The van der Waals surface area contributed by atoms with Crippen molar-refractivity contribution in [3.63, 3.8) is 0 Å². The van der Waals surface area contributed by atoms with Crippen LogP contribution >= 0.6 is 0 Å². The molecular weight excluding hydrogens is 459 g/mol. The van der Waals surface area contributed by atoms with Crippen molar-refractivity contribution in [2.45, 2.75) is 52.5 Å². The van der Waals surface area contributed by atoms with E-state index in [1.54, 1.807) is 38.1 Å². The summed E-state index contributed by atoms with van der Waals surface area (Å²) in [6.07, 6.45) is 1.44. The zero-order valence-corrected chi connectivity index (χ0v) is 21.0. The highest BCUT2D eigenvalue weighted by Gasteiger charge is 2.25. The van der Waals surface area contributed by atoms with E-state index in [-0.39, 0.29) is 5.82 Å². The van der Waals surface area contributed by atoms with E-state index in [2.05, 4.69) is 25.7 Å². The third-order valence-corrected chi connectivity index (χ3v) is 5.59. The molecule has 2 N–H and O–H groups in total. The molecule has 7 heteroatoms. The summed E-state index contributed by atoms with van der Waals surface area (Å²) < 4.78 is 18.8. The molecule has 6 nitrogen and oxygen atoms in total. The normalized spacial score (nSPS) is 12.4. The minimum atomic E-state index is -0.930. The van der Waals surface area contributed by atoms with Crippen molar-refractivity contribution in [3.8, 4) is 11.8 Å². The molecule has 1 aromatic heterocycles. The van der Waals surface area contributed by atoms with E-state index in [0.717, 1.165) is 22.6 Å². The molecule has 0 radical (unpaired) electrons. The summed E-state index contributed by atoms with van der Waals surface area (Å²) >= 11 is 0. The Morgan fingerprint density at radius 3 is 2.22 bits per heavy atom. The topological polar surface area (TPSA) is 85.8 Å². The average Bonchev–Trinajstić information content (AvgIpc) is 3.29. The van der Waals surface area contributed by atoms with Crippen LogP contribution in [-0.2, 0) is 22.5 Å². The maximum absolute atomic E-state index is 13.1. The molecule has 0 aliphatic rings. The lowest BCUT2D eigenvalue weighted by molar-refractivity contribution is -0.181. The third-order valence-electron chi connectivity index (χ3n) is 5.59. The first kappa shape index (κ1) is 26.6. The lowest BCUT2D eigenvalue weighted by Crippen LogP contribution is -2.43. The Hall–Kier alpha value is -4.05. The second-order valence-electron chi connectivity index (χ2n) is 9.15. The first-order valence-corrected chi connectivity index (χ1v) is 11.9. The van der Waals surface area contributed by atoms with Crippen LogP contribution in [0.4, 0.5) is 9.18 Å². The number of amides is 2. The lowest BCUT2D eigenvalue weighted by atomic mass is 9.97. The fraction of sp³-hybridized carbons (Fsp3) is 0.310. The molecule has 36 heavy (non-hydrogen) atoms. The van der Waals surface area contributed by atoms with Gasteiger partial charge in [-0.05, 0) is 73.1 Å². The average molecular weight is 491 g/mol. The second-order valence-corrected chi connectivity index (χ2v) is 9.15. The van der Waals surface area contributed by atoms with Gasteiger partial charge >= 0.3 is 12.0 Å². The molecule has 0 fully saturated rings. The quantitative estimate of drug-likeness (QED) is 0.346. The Kier molecular flexibility index (Phi) is 8.91. The van der Waals surface area contributed by atoms with Gasteiger partial charge in [0.1, 0.15) is 17.6 Å². The number of rotatable bonds is 7. The highest BCUT2D eigenvalue weighted by Crippen LogP contribution is 2.20. The monoisotopic (exact) mass is 490 g/mol. The molecule has 2 amide bonds. The highest BCUT2D eigenvalue weighted by atomic mass is 19.1. The van der Waals surface area contributed by atoms with Crippen LogP contribution in [0.5, 0.6) is 0 Å².